The third-order valence-corrected chi connectivity index (χ3v) is 7.54. The van der Waals surface area contributed by atoms with Gasteiger partial charge in [-0.05, 0) is 78.6 Å². The van der Waals surface area contributed by atoms with Crippen molar-refractivity contribution in [1.29, 1.82) is 0 Å². The van der Waals surface area contributed by atoms with Crippen LogP contribution < -0.4 is 14.7 Å². The summed E-state index contributed by atoms with van der Waals surface area (Å²) in [4.78, 5) is 31.5. The number of amides is 1. The molecular formula is C33H35N3O3. The number of carbonyl (C=O) groups is 2. The van der Waals surface area contributed by atoms with Crippen LogP contribution in [0.3, 0.4) is 0 Å². The third kappa shape index (κ3) is 6.06. The van der Waals surface area contributed by atoms with E-state index in [0.717, 1.165) is 56.6 Å². The lowest BCUT2D eigenvalue weighted by Crippen LogP contribution is -2.46. The first-order valence-corrected chi connectivity index (χ1v) is 13.7. The van der Waals surface area contributed by atoms with Gasteiger partial charge >= 0.3 is 5.97 Å². The van der Waals surface area contributed by atoms with E-state index in [1.807, 2.05) is 6.08 Å². The molecule has 1 saturated heterocycles. The SMILES string of the molecule is CCCCC1=CCN(c2ccc(C(=O)O)cc2)C(=O)/C1=C\c1ccc(N2CCN(c3ccccc3)CC2)cc1. The van der Waals surface area contributed by atoms with Crippen molar-refractivity contribution < 1.29 is 14.7 Å². The number of rotatable bonds is 8. The smallest absolute Gasteiger partial charge is 0.335 e. The second kappa shape index (κ2) is 12.0. The van der Waals surface area contributed by atoms with Crippen molar-refractivity contribution in [1.82, 2.24) is 0 Å². The van der Waals surface area contributed by atoms with E-state index in [0.29, 0.717) is 17.8 Å². The topological polar surface area (TPSA) is 64.1 Å². The van der Waals surface area contributed by atoms with Gasteiger partial charge in [-0.3, -0.25) is 4.79 Å². The number of carbonyl (C=O) groups excluding carboxylic acids is 1. The monoisotopic (exact) mass is 521 g/mol. The zero-order valence-corrected chi connectivity index (χ0v) is 22.4. The van der Waals surface area contributed by atoms with Crippen LogP contribution in [0.4, 0.5) is 17.1 Å². The van der Waals surface area contributed by atoms with Crippen molar-refractivity contribution in [2.24, 2.45) is 0 Å². The molecule has 2 heterocycles. The van der Waals surface area contributed by atoms with Crippen molar-refractivity contribution in [3.63, 3.8) is 0 Å². The highest BCUT2D eigenvalue weighted by Gasteiger charge is 2.26. The standard InChI is InChI=1S/C33H35N3O3/c1-2-3-7-26-18-19-36(30-16-12-27(13-17-30)33(38)39)32(37)31(26)24-25-10-14-29(15-11-25)35-22-20-34(21-23-35)28-8-5-4-6-9-28/h4-6,8-18,24H,2-3,7,19-23H2,1H3,(H,38,39)/b31-24-. The van der Waals surface area contributed by atoms with E-state index in [-0.39, 0.29) is 11.5 Å². The molecule has 0 radical (unpaired) electrons. The number of para-hydroxylation sites is 1. The molecule has 2 aliphatic heterocycles. The summed E-state index contributed by atoms with van der Waals surface area (Å²) >= 11 is 0. The van der Waals surface area contributed by atoms with Crippen LogP contribution in [0, 0.1) is 0 Å². The number of anilines is 3. The van der Waals surface area contributed by atoms with Gasteiger partial charge in [0, 0.05) is 55.4 Å². The molecule has 0 atom stereocenters. The molecule has 2 aliphatic rings. The predicted molar refractivity (Wildman–Crippen MR) is 159 cm³/mol. The Hall–Kier alpha value is -4.32. The van der Waals surface area contributed by atoms with E-state index < -0.39 is 5.97 Å². The van der Waals surface area contributed by atoms with Crippen molar-refractivity contribution in [3.05, 3.63) is 107 Å². The fourth-order valence-corrected chi connectivity index (χ4v) is 5.25. The van der Waals surface area contributed by atoms with Crippen LogP contribution in [-0.2, 0) is 4.79 Å². The quantitative estimate of drug-likeness (QED) is 0.355. The second-order valence-corrected chi connectivity index (χ2v) is 10.1. The van der Waals surface area contributed by atoms with Crippen molar-refractivity contribution in [2.45, 2.75) is 26.2 Å². The number of carboxylic acids is 1. The molecular weight excluding hydrogens is 486 g/mol. The highest BCUT2D eigenvalue weighted by Crippen LogP contribution is 2.30. The first kappa shape index (κ1) is 26.3. The summed E-state index contributed by atoms with van der Waals surface area (Å²) in [5.74, 6) is -1.02. The van der Waals surface area contributed by atoms with Gasteiger partial charge in [0.15, 0.2) is 0 Å². The molecule has 0 saturated carbocycles. The summed E-state index contributed by atoms with van der Waals surface area (Å²) in [6.45, 7) is 6.54. The molecule has 1 N–H and O–H groups in total. The summed E-state index contributed by atoms with van der Waals surface area (Å²) in [6, 6.07) is 25.5. The minimum Gasteiger partial charge on any atom is -0.478 e. The summed E-state index contributed by atoms with van der Waals surface area (Å²) in [5.41, 5.74) is 6.17. The Balaban J connectivity index is 1.32. The number of hydrogen-bond acceptors (Lipinski definition) is 4. The van der Waals surface area contributed by atoms with E-state index in [2.05, 4.69) is 77.4 Å². The van der Waals surface area contributed by atoms with Gasteiger partial charge in [0.05, 0.1) is 5.56 Å². The molecule has 0 spiro atoms. The Labute approximate surface area is 230 Å². The Kier molecular flexibility index (Phi) is 8.11. The van der Waals surface area contributed by atoms with Gasteiger partial charge in [0.2, 0.25) is 0 Å². The van der Waals surface area contributed by atoms with Crippen LogP contribution in [0.5, 0.6) is 0 Å². The zero-order chi connectivity index (χ0) is 27.2. The minimum absolute atomic E-state index is 0.0483. The van der Waals surface area contributed by atoms with E-state index >= 15 is 0 Å². The number of hydrogen-bond donors (Lipinski definition) is 1. The van der Waals surface area contributed by atoms with E-state index in [9.17, 15) is 14.7 Å². The number of carboxylic acid groups (broad SMARTS) is 1. The van der Waals surface area contributed by atoms with E-state index in [1.165, 1.54) is 11.4 Å². The molecule has 3 aromatic rings. The van der Waals surface area contributed by atoms with Gasteiger partial charge in [0.25, 0.3) is 5.91 Å². The molecule has 6 heteroatoms. The molecule has 3 aromatic carbocycles. The lowest BCUT2D eigenvalue weighted by molar-refractivity contribution is -0.114. The number of aromatic carboxylic acids is 1. The Morgan fingerprint density at radius 3 is 2.00 bits per heavy atom. The maximum atomic E-state index is 13.7. The van der Waals surface area contributed by atoms with Gasteiger partial charge in [-0.25, -0.2) is 4.79 Å². The van der Waals surface area contributed by atoms with Crippen LogP contribution in [0.1, 0.15) is 42.1 Å². The van der Waals surface area contributed by atoms with Crippen LogP contribution >= 0.6 is 0 Å². The summed E-state index contributed by atoms with van der Waals surface area (Å²) < 4.78 is 0. The fraction of sp³-hybridized carbons (Fsp3) is 0.273. The number of unbranched alkanes of at least 4 members (excludes halogenated alkanes) is 1. The average molecular weight is 522 g/mol. The highest BCUT2D eigenvalue weighted by atomic mass is 16.4. The van der Waals surface area contributed by atoms with Gasteiger partial charge in [-0.15, -0.1) is 0 Å². The molecule has 5 rings (SSSR count). The van der Waals surface area contributed by atoms with Gasteiger partial charge in [0.1, 0.15) is 0 Å². The summed E-state index contributed by atoms with van der Waals surface area (Å²) in [6.07, 6.45) is 7.08. The van der Waals surface area contributed by atoms with Crippen LogP contribution in [0.15, 0.2) is 96.1 Å². The summed E-state index contributed by atoms with van der Waals surface area (Å²) in [5, 5.41) is 9.22. The fourth-order valence-electron chi connectivity index (χ4n) is 5.25. The van der Waals surface area contributed by atoms with Crippen molar-refractivity contribution >= 4 is 35.0 Å². The normalized spacial score (nSPS) is 16.9. The first-order valence-electron chi connectivity index (χ1n) is 13.7. The molecule has 39 heavy (non-hydrogen) atoms. The van der Waals surface area contributed by atoms with Crippen molar-refractivity contribution in [3.8, 4) is 0 Å². The average Bonchev–Trinajstić information content (AvgIpc) is 2.98. The predicted octanol–water partition coefficient (Wildman–Crippen LogP) is 6.26. The molecule has 0 aliphatic carbocycles. The van der Waals surface area contributed by atoms with Crippen LogP contribution in [0.25, 0.3) is 6.08 Å². The zero-order valence-electron chi connectivity index (χ0n) is 22.4. The number of benzene rings is 3. The first-order chi connectivity index (χ1) is 19.0. The number of piperazine rings is 1. The van der Waals surface area contributed by atoms with Gasteiger partial charge in [-0.2, -0.15) is 0 Å². The molecule has 6 nitrogen and oxygen atoms in total. The Bertz CT molecular complexity index is 1350. The minimum atomic E-state index is -0.977. The van der Waals surface area contributed by atoms with Crippen molar-refractivity contribution in [2.75, 3.05) is 47.4 Å². The van der Waals surface area contributed by atoms with Crippen LogP contribution in [0.2, 0.25) is 0 Å². The molecule has 0 aromatic heterocycles. The molecule has 0 bridgehead atoms. The Morgan fingerprint density at radius 2 is 1.41 bits per heavy atom. The maximum Gasteiger partial charge on any atom is 0.335 e. The highest BCUT2D eigenvalue weighted by molar-refractivity contribution is 6.13. The van der Waals surface area contributed by atoms with Gasteiger partial charge < -0.3 is 19.8 Å². The van der Waals surface area contributed by atoms with Crippen LogP contribution in [-0.4, -0.2) is 49.7 Å². The third-order valence-electron chi connectivity index (χ3n) is 7.54. The molecule has 1 fully saturated rings. The molecule has 200 valence electrons. The molecule has 0 unspecified atom stereocenters. The Morgan fingerprint density at radius 1 is 0.821 bits per heavy atom. The lowest BCUT2D eigenvalue weighted by atomic mass is 9.93. The lowest BCUT2D eigenvalue weighted by Gasteiger charge is -2.37. The second-order valence-electron chi connectivity index (χ2n) is 10.1. The van der Waals surface area contributed by atoms with Gasteiger partial charge in [-0.1, -0.05) is 49.8 Å². The van der Waals surface area contributed by atoms with E-state index in [1.54, 1.807) is 29.2 Å². The molecule has 1 amide bonds. The summed E-state index contributed by atoms with van der Waals surface area (Å²) in [7, 11) is 0. The maximum absolute atomic E-state index is 13.7. The number of nitrogens with zero attached hydrogens (tertiary/aromatic N) is 3. The van der Waals surface area contributed by atoms with E-state index in [4.69, 9.17) is 0 Å². The largest absolute Gasteiger partial charge is 0.478 e.